The number of hydrogen-bond acceptors (Lipinski definition) is 10. The Labute approximate surface area is 416 Å². The molecule has 3 aromatic carbocycles. The minimum absolute atomic E-state index is 0.00828. The molecule has 3 saturated heterocycles. The molecule has 3 atom stereocenters. The first-order chi connectivity index (χ1) is 33.2. The highest BCUT2D eigenvalue weighted by Gasteiger charge is 2.51. The highest BCUT2D eigenvalue weighted by molar-refractivity contribution is 7.81. The lowest BCUT2D eigenvalue weighted by Gasteiger charge is -2.35. The fraction of sp³-hybridized carbons (Fsp3) is 0.471. The fourth-order valence-corrected chi connectivity index (χ4v) is 10.4. The summed E-state index contributed by atoms with van der Waals surface area (Å²) in [5.41, 5.74) is 1.86. The fourth-order valence-electron chi connectivity index (χ4n) is 9.27. The summed E-state index contributed by atoms with van der Waals surface area (Å²) in [6, 6.07) is 16.9. The lowest BCUT2D eigenvalue weighted by atomic mass is 9.85. The van der Waals surface area contributed by atoms with E-state index >= 15 is 0 Å². The summed E-state index contributed by atoms with van der Waals surface area (Å²) < 4.78 is 47.3. The number of likely N-dealkylation sites (tertiary alicyclic amines) is 2. The van der Waals surface area contributed by atoms with E-state index in [4.69, 9.17) is 23.5 Å². The number of benzene rings is 3. The number of thiocarbonyl (C=S) groups is 1. The van der Waals surface area contributed by atoms with Gasteiger partial charge in [0.15, 0.2) is 10.8 Å². The number of halogens is 3. The van der Waals surface area contributed by atoms with Gasteiger partial charge < -0.3 is 35.2 Å². The van der Waals surface area contributed by atoms with Crippen molar-refractivity contribution in [3.8, 4) is 10.4 Å². The predicted octanol–water partition coefficient (Wildman–Crippen LogP) is 8.08. The molecule has 3 N–H and O–H groups in total. The van der Waals surface area contributed by atoms with E-state index in [1.807, 2.05) is 69.3 Å². The molecule has 4 heterocycles. The van der Waals surface area contributed by atoms with Crippen LogP contribution in [0.25, 0.3) is 15.3 Å². The van der Waals surface area contributed by atoms with Crippen molar-refractivity contribution in [3.63, 3.8) is 0 Å². The number of carbonyl (C=O) groups is 4. The van der Waals surface area contributed by atoms with Crippen LogP contribution in [0.4, 0.5) is 30.2 Å². The van der Waals surface area contributed by atoms with Gasteiger partial charge in [-0.2, -0.15) is 13.2 Å². The van der Waals surface area contributed by atoms with Crippen LogP contribution < -0.4 is 20.4 Å². The number of piperidine rings is 1. The van der Waals surface area contributed by atoms with Crippen LogP contribution in [0.15, 0.2) is 78.4 Å². The van der Waals surface area contributed by atoms with Crippen LogP contribution in [-0.2, 0) is 36.6 Å². The van der Waals surface area contributed by atoms with Gasteiger partial charge in [0.25, 0.3) is 5.91 Å². The molecule has 0 saturated carbocycles. The summed E-state index contributed by atoms with van der Waals surface area (Å²) in [6.45, 7) is 19.6. The molecule has 3 aliphatic heterocycles. The third-order valence-corrected chi connectivity index (χ3v) is 14.4. The van der Waals surface area contributed by atoms with Gasteiger partial charge in [0, 0.05) is 56.7 Å². The highest BCUT2D eigenvalue weighted by atomic mass is 32.1. The Morgan fingerprint density at radius 1 is 1.01 bits per heavy atom. The molecule has 14 nitrogen and oxygen atoms in total. The van der Waals surface area contributed by atoms with Crippen molar-refractivity contribution >= 4 is 69.4 Å². The van der Waals surface area contributed by atoms with Crippen molar-refractivity contribution in [2.75, 3.05) is 49.2 Å². The molecule has 372 valence electrons. The van der Waals surface area contributed by atoms with Crippen molar-refractivity contribution in [1.29, 1.82) is 0 Å². The van der Waals surface area contributed by atoms with Gasteiger partial charge in [0.1, 0.15) is 17.6 Å². The summed E-state index contributed by atoms with van der Waals surface area (Å²) in [4.78, 5) is 68.9. The normalized spacial score (nSPS) is 19.3. The second kappa shape index (κ2) is 21.7. The third-order valence-electron chi connectivity index (χ3n) is 13.2. The van der Waals surface area contributed by atoms with E-state index in [1.54, 1.807) is 41.8 Å². The number of rotatable bonds is 16. The minimum atomic E-state index is -4.78. The smallest absolute Gasteiger partial charge is 0.391 e. The van der Waals surface area contributed by atoms with Crippen molar-refractivity contribution in [2.45, 2.75) is 109 Å². The first-order valence-corrected chi connectivity index (χ1v) is 24.7. The summed E-state index contributed by atoms with van der Waals surface area (Å²) in [5.74, 6) is -1.26. The Morgan fingerprint density at radius 2 is 1.70 bits per heavy atom. The van der Waals surface area contributed by atoms with Crippen molar-refractivity contribution in [3.05, 3.63) is 107 Å². The minimum Gasteiger partial charge on any atom is -0.391 e. The molecule has 1 aromatic heterocycles. The van der Waals surface area contributed by atoms with Gasteiger partial charge in [-0.05, 0) is 111 Å². The second-order valence-corrected chi connectivity index (χ2v) is 20.8. The van der Waals surface area contributed by atoms with Crippen LogP contribution >= 0.6 is 23.6 Å². The number of aliphatic hydroxyl groups excluding tert-OH is 1. The van der Waals surface area contributed by atoms with E-state index in [1.165, 1.54) is 11.0 Å². The zero-order chi connectivity index (χ0) is 50.5. The average molecular weight is 1000 g/mol. The summed E-state index contributed by atoms with van der Waals surface area (Å²) in [5, 5.41) is 16.5. The van der Waals surface area contributed by atoms with Gasteiger partial charge in [-0.1, -0.05) is 63.2 Å². The maximum atomic E-state index is 14.0. The van der Waals surface area contributed by atoms with Crippen LogP contribution in [0.2, 0.25) is 0 Å². The molecular weight excluding hydrogens is 942 g/mol. The van der Waals surface area contributed by atoms with E-state index < -0.39 is 58.4 Å². The van der Waals surface area contributed by atoms with Gasteiger partial charge in [-0.25, -0.2) is 4.85 Å². The van der Waals surface area contributed by atoms with Crippen molar-refractivity contribution in [1.82, 2.24) is 25.4 Å². The Balaban J connectivity index is 0.825. The quantitative estimate of drug-likeness (QED) is 0.0571. The molecular formula is C51H59F3N8O6S2. The maximum Gasteiger partial charge on any atom is 0.407 e. The highest BCUT2D eigenvalue weighted by Crippen LogP contribution is 2.42. The number of aliphatic hydroxyl groups is 1. The first-order valence-electron chi connectivity index (χ1n) is 23.4. The summed E-state index contributed by atoms with van der Waals surface area (Å²) >= 11 is 7.25. The molecule has 0 bridgehead atoms. The largest absolute Gasteiger partial charge is 0.407 e. The third kappa shape index (κ3) is 11.9. The number of anilines is 2. The molecule has 3 fully saturated rings. The van der Waals surface area contributed by atoms with Crippen LogP contribution in [0.1, 0.15) is 89.3 Å². The van der Waals surface area contributed by atoms with Crippen molar-refractivity contribution < 1.29 is 42.2 Å². The maximum absolute atomic E-state index is 14.0. The topological polar surface area (TPSA) is 152 Å². The molecule has 0 unspecified atom stereocenters. The predicted molar refractivity (Wildman–Crippen MR) is 266 cm³/mol. The molecule has 0 radical (unpaired) electrons. The zero-order valence-electron chi connectivity index (χ0n) is 39.9. The molecule has 19 heteroatoms. The molecule has 0 spiro atoms. The number of β-amino-alcohol motifs (C(OH)–C–C–N with tert-alkyl or cyclic N) is 1. The Kier molecular flexibility index (Phi) is 16.1. The number of alkyl halides is 3. The van der Waals surface area contributed by atoms with Gasteiger partial charge >= 0.3 is 6.18 Å². The van der Waals surface area contributed by atoms with E-state index in [-0.39, 0.29) is 48.5 Å². The summed E-state index contributed by atoms with van der Waals surface area (Å²) in [7, 11) is 0. The lowest BCUT2D eigenvalue weighted by molar-refractivity contribution is -0.144. The number of amides is 4. The number of ether oxygens (including phenoxy) is 1. The number of thiazole rings is 1. The molecule has 3 aliphatic rings. The average Bonchev–Trinajstić information content (AvgIpc) is 4.05. The van der Waals surface area contributed by atoms with Crippen molar-refractivity contribution in [2.24, 2.45) is 5.41 Å². The van der Waals surface area contributed by atoms with Crippen LogP contribution in [0, 0.1) is 12.0 Å². The van der Waals surface area contributed by atoms with E-state index in [0.29, 0.717) is 31.2 Å². The summed E-state index contributed by atoms with van der Waals surface area (Å²) in [6.07, 6.45) is -1.32. The van der Waals surface area contributed by atoms with Gasteiger partial charge in [-0.15, -0.1) is 11.3 Å². The molecule has 70 heavy (non-hydrogen) atoms. The number of aromatic nitrogens is 1. The monoisotopic (exact) mass is 1000 g/mol. The Hall–Kier alpha value is -5.78. The van der Waals surface area contributed by atoms with Gasteiger partial charge in [0.2, 0.25) is 17.7 Å². The lowest BCUT2D eigenvalue weighted by Crippen LogP contribution is -2.57. The number of nitrogens with zero attached hydrogens (tertiary/aromatic N) is 6. The van der Waals surface area contributed by atoms with Gasteiger partial charge in [-0.3, -0.25) is 29.1 Å². The number of carbonyl (C=O) groups excluding carboxylic acids is 4. The Morgan fingerprint density at radius 3 is 2.33 bits per heavy atom. The number of hydrogen-bond donors (Lipinski definition) is 3. The molecule has 7 rings (SSSR count). The zero-order valence-corrected chi connectivity index (χ0v) is 41.6. The first kappa shape index (κ1) is 52.1. The van der Waals surface area contributed by atoms with E-state index in [9.17, 15) is 37.5 Å². The van der Waals surface area contributed by atoms with Crippen LogP contribution in [-0.4, -0.2) is 112 Å². The van der Waals surface area contributed by atoms with E-state index in [0.717, 1.165) is 71.1 Å². The standard InChI is InChI=1S/C51H59F3N8O6S2/c1-49(2,3)44(46(66)60-30-38(63)27-41(60)45(65)57-28-32-9-11-35(12-10-32)42-29-56-31-70-42)58-43(64)8-7-24-68-25-23-59-21-19-34(20-22-59)33-13-15-36(16-14-33)62-48(69)61(47(67)50(62,4)5)37-17-18-40(55-6)39(26-37)51(52,53)54/h9-18,26,29,31,34,38,41,44,63H,7-8,19-25,27-28,30H2,1-5H3,(H,57,65)(H,58,64)/t38-,41+,44-/m1/s1. The number of nitrogens with one attached hydrogen (secondary N) is 2. The molecule has 0 aliphatic carbocycles. The molecule has 4 aromatic rings. The van der Waals surface area contributed by atoms with E-state index in [2.05, 4.69) is 25.4 Å². The Bertz CT molecular complexity index is 2570. The molecule has 4 amide bonds. The van der Waals surface area contributed by atoms with Gasteiger partial charge in [0.05, 0.1) is 35.2 Å². The second-order valence-electron chi connectivity index (χ2n) is 19.6. The van der Waals surface area contributed by atoms with Crippen LogP contribution in [0.5, 0.6) is 0 Å². The SMILES string of the molecule is [C-]#[N+]c1ccc(N2C(=O)C(C)(C)N(c3ccc(C4CCN(CCOCCCC(=O)N[C@H](C(=O)N5C[C@H](O)C[C@H]5C(=O)NCc5ccc(-c6cncs6)cc5)C(C)(C)C)CC4)cc3)C2=S)cc1C(F)(F)F. The van der Waals surface area contributed by atoms with Crippen LogP contribution in [0.3, 0.4) is 0 Å².